The van der Waals surface area contributed by atoms with Crippen molar-refractivity contribution in [2.24, 2.45) is 0 Å². The average molecular weight is 410 g/mol. The number of benzene rings is 2. The Kier molecular flexibility index (Phi) is 3.81. The summed E-state index contributed by atoms with van der Waals surface area (Å²) < 4.78 is 27.6. The second kappa shape index (κ2) is 5.61. The quantitative estimate of drug-likeness (QED) is 0.623. The molecule has 0 N–H and O–H groups in total. The summed E-state index contributed by atoms with van der Waals surface area (Å²) in [6, 6.07) is 16.0. The Balaban J connectivity index is 2.13. The van der Waals surface area contributed by atoms with Crippen LogP contribution in [0.1, 0.15) is 0 Å². The highest BCUT2D eigenvalue weighted by Crippen LogP contribution is 2.23. The summed E-state index contributed by atoms with van der Waals surface area (Å²) in [5.41, 5.74) is 0.761. The van der Waals surface area contributed by atoms with Gasteiger partial charge in [-0.2, -0.15) is 0 Å². The Morgan fingerprint density at radius 2 is 1.62 bits per heavy atom. The summed E-state index contributed by atoms with van der Waals surface area (Å²) in [5.74, 6) is 0.411. The van der Waals surface area contributed by atoms with Gasteiger partial charge in [-0.05, 0) is 46.9 Å². The molecule has 106 valence electrons. The van der Waals surface area contributed by atoms with Crippen molar-refractivity contribution >= 4 is 32.6 Å². The Hall–Kier alpha value is -1.67. The van der Waals surface area contributed by atoms with E-state index in [2.05, 4.69) is 27.6 Å². The second-order valence-electron chi connectivity index (χ2n) is 4.37. The first-order valence-corrected chi connectivity index (χ1v) is 8.71. The summed E-state index contributed by atoms with van der Waals surface area (Å²) in [5, 5.41) is 0. The highest BCUT2D eigenvalue weighted by molar-refractivity contribution is 14.1. The molecule has 0 fully saturated rings. The molecule has 0 radical (unpaired) electrons. The standard InChI is InChI=1S/C15H11IN2O2S/c16-13-6-8-14(9-7-13)21(19,20)18-11-10-17-15(18)12-4-2-1-3-5-12/h1-11H. The summed E-state index contributed by atoms with van der Waals surface area (Å²) >= 11 is 2.14. The van der Waals surface area contributed by atoms with Crippen LogP contribution >= 0.6 is 22.6 Å². The lowest BCUT2D eigenvalue weighted by Crippen LogP contribution is -2.13. The molecule has 3 aromatic rings. The van der Waals surface area contributed by atoms with Crippen LogP contribution in [-0.2, 0) is 10.0 Å². The van der Waals surface area contributed by atoms with Gasteiger partial charge in [-0.3, -0.25) is 0 Å². The predicted octanol–water partition coefficient (Wildman–Crippen LogP) is 3.39. The van der Waals surface area contributed by atoms with Gasteiger partial charge in [0, 0.05) is 21.5 Å². The van der Waals surface area contributed by atoms with E-state index in [1.807, 2.05) is 30.3 Å². The molecule has 0 spiro atoms. The smallest absolute Gasteiger partial charge is 0.236 e. The molecule has 1 heterocycles. The van der Waals surface area contributed by atoms with E-state index in [4.69, 9.17) is 0 Å². The molecule has 0 unspecified atom stereocenters. The van der Waals surface area contributed by atoms with Gasteiger partial charge < -0.3 is 0 Å². The zero-order valence-electron chi connectivity index (χ0n) is 10.8. The zero-order valence-corrected chi connectivity index (χ0v) is 13.8. The van der Waals surface area contributed by atoms with Gasteiger partial charge in [0.15, 0.2) is 5.82 Å². The minimum absolute atomic E-state index is 0.248. The van der Waals surface area contributed by atoms with Crippen molar-refractivity contribution in [2.75, 3.05) is 0 Å². The summed E-state index contributed by atoms with van der Waals surface area (Å²) in [6.07, 6.45) is 2.96. The molecule has 3 rings (SSSR count). The fraction of sp³-hybridized carbons (Fsp3) is 0. The minimum atomic E-state index is -3.64. The van der Waals surface area contributed by atoms with Crippen LogP contribution in [0.5, 0.6) is 0 Å². The number of halogens is 1. The predicted molar refractivity (Wildman–Crippen MR) is 89.4 cm³/mol. The van der Waals surface area contributed by atoms with Gasteiger partial charge >= 0.3 is 0 Å². The van der Waals surface area contributed by atoms with Crippen LogP contribution in [0.3, 0.4) is 0 Å². The molecule has 0 bridgehead atoms. The van der Waals surface area contributed by atoms with Crippen molar-refractivity contribution < 1.29 is 8.42 Å². The number of rotatable bonds is 3. The van der Waals surface area contributed by atoms with E-state index >= 15 is 0 Å². The van der Waals surface area contributed by atoms with Crippen LogP contribution in [0.2, 0.25) is 0 Å². The number of aromatic nitrogens is 2. The second-order valence-corrected chi connectivity index (χ2v) is 7.43. The fourth-order valence-electron chi connectivity index (χ4n) is 2.00. The van der Waals surface area contributed by atoms with E-state index in [1.54, 1.807) is 24.3 Å². The first kappa shape index (κ1) is 14.3. The van der Waals surface area contributed by atoms with Crippen LogP contribution in [0.15, 0.2) is 71.9 Å². The van der Waals surface area contributed by atoms with Crippen molar-refractivity contribution in [1.82, 2.24) is 8.96 Å². The van der Waals surface area contributed by atoms with Crippen LogP contribution < -0.4 is 0 Å². The normalized spacial score (nSPS) is 11.5. The lowest BCUT2D eigenvalue weighted by molar-refractivity contribution is 0.588. The number of hydrogen-bond acceptors (Lipinski definition) is 3. The maximum Gasteiger partial charge on any atom is 0.269 e. The van der Waals surface area contributed by atoms with Crippen molar-refractivity contribution in [2.45, 2.75) is 4.90 Å². The molecule has 4 nitrogen and oxygen atoms in total. The molecular weight excluding hydrogens is 399 g/mol. The van der Waals surface area contributed by atoms with E-state index in [0.29, 0.717) is 5.82 Å². The van der Waals surface area contributed by atoms with Crippen LogP contribution in [0, 0.1) is 3.57 Å². The molecular formula is C15H11IN2O2S. The van der Waals surface area contributed by atoms with Gasteiger partial charge in [0.2, 0.25) is 0 Å². The Bertz CT molecular complexity index is 856. The summed E-state index contributed by atoms with van der Waals surface area (Å²) in [4.78, 5) is 4.43. The molecule has 2 aromatic carbocycles. The van der Waals surface area contributed by atoms with Gasteiger partial charge in [0.05, 0.1) is 4.90 Å². The van der Waals surface area contributed by atoms with Gasteiger partial charge in [0.25, 0.3) is 10.0 Å². The van der Waals surface area contributed by atoms with Crippen molar-refractivity contribution in [3.63, 3.8) is 0 Å². The topological polar surface area (TPSA) is 52.0 Å². The Morgan fingerprint density at radius 1 is 0.952 bits per heavy atom. The van der Waals surface area contributed by atoms with Crippen LogP contribution in [0.4, 0.5) is 0 Å². The molecule has 0 saturated carbocycles. The third-order valence-electron chi connectivity index (χ3n) is 3.01. The van der Waals surface area contributed by atoms with Crippen molar-refractivity contribution in [3.05, 3.63) is 70.6 Å². The molecule has 0 saturated heterocycles. The number of hydrogen-bond donors (Lipinski definition) is 0. The molecule has 0 aliphatic rings. The minimum Gasteiger partial charge on any atom is -0.236 e. The van der Waals surface area contributed by atoms with Gasteiger partial charge in [-0.1, -0.05) is 30.3 Å². The van der Waals surface area contributed by atoms with Gasteiger partial charge in [0.1, 0.15) is 0 Å². The maximum atomic E-state index is 12.7. The van der Waals surface area contributed by atoms with Crippen LogP contribution in [0.25, 0.3) is 11.4 Å². The first-order valence-electron chi connectivity index (χ1n) is 6.19. The van der Waals surface area contributed by atoms with E-state index in [0.717, 1.165) is 9.13 Å². The van der Waals surface area contributed by atoms with Crippen molar-refractivity contribution in [1.29, 1.82) is 0 Å². The molecule has 0 amide bonds. The first-order chi connectivity index (χ1) is 10.1. The highest BCUT2D eigenvalue weighted by Gasteiger charge is 2.20. The largest absolute Gasteiger partial charge is 0.269 e. The van der Waals surface area contributed by atoms with E-state index in [1.165, 1.54) is 16.4 Å². The van der Waals surface area contributed by atoms with E-state index in [-0.39, 0.29) is 4.90 Å². The molecule has 0 atom stereocenters. The maximum absolute atomic E-state index is 12.7. The average Bonchev–Trinajstić information content (AvgIpc) is 2.99. The van der Waals surface area contributed by atoms with Crippen molar-refractivity contribution in [3.8, 4) is 11.4 Å². The zero-order chi connectivity index (χ0) is 14.9. The van der Waals surface area contributed by atoms with Gasteiger partial charge in [-0.25, -0.2) is 17.4 Å². The Labute approximate surface area is 136 Å². The lowest BCUT2D eigenvalue weighted by Gasteiger charge is -2.09. The van der Waals surface area contributed by atoms with Gasteiger partial charge in [-0.15, -0.1) is 0 Å². The molecule has 1 aromatic heterocycles. The fourth-order valence-corrected chi connectivity index (χ4v) is 3.66. The Morgan fingerprint density at radius 3 is 2.29 bits per heavy atom. The monoisotopic (exact) mass is 410 g/mol. The molecule has 6 heteroatoms. The van der Waals surface area contributed by atoms with E-state index < -0.39 is 10.0 Å². The van der Waals surface area contributed by atoms with Crippen LogP contribution in [-0.4, -0.2) is 17.4 Å². The summed E-state index contributed by atoms with van der Waals surface area (Å²) in [6.45, 7) is 0. The molecule has 0 aliphatic heterocycles. The van der Waals surface area contributed by atoms with E-state index in [9.17, 15) is 8.42 Å². The third kappa shape index (κ3) is 2.73. The molecule has 21 heavy (non-hydrogen) atoms. The number of imidazole rings is 1. The highest BCUT2D eigenvalue weighted by atomic mass is 127. The number of nitrogens with zero attached hydrogens (tertiary/aromatic N) is 2. The molecule has 0 aliphatic carbocycles. The third-order valence-corrected chi connectivity index (χ3v) is 5.41. The SMILES string of the molecule is O=S(=O)(c1ccc(I)cc1)n1ccnc1-c1ccccc1. The summed E-state index contributed by atoms with van der Waals surface area (Å²) in [7, 11) is -3.64. The lowest BCUT2D eigenvalue weighted by atomic mass is 10.2.